The number of methoxy groups -OCH3 is 2. The molecule has 1 atom stereocenters. The molecule has 0 spiro atoms. The molecular weight excluding hydrogens is 358 g/mol. The fourth-order valence-corrected chi connectivity index (χ4v) is 2.78. The summed E-state index contributed by atoms with van der Waals surface area (Å²) in [5, 5.41) is 2.81. The van der Waals surface area contributed by atoms with Crippen molar-refractivity contribution in [2.75, 3.05) is 14.2 Å². The minimum Gasteiger partial charge on any atom is -0.497 e. The van der Waals surface area contributed by atoms with Crippen LogP contribution < -0.4 is 20.5 Å². The summed E-state index contributed by atoms with van der Waals surface area (Å²) in [5.41, 5.74) is 8.24. The van der Waals surface area contributed by atoms with Crippen molar-refractivity contribution in [2.24, 2.45) is 5.73 Å². The summed E-state index contributed by atoms with van der Waals surface area (Å²) >= 11 is 0. The molecule has 28 heavy (non-hydrogen) atoms. The van der Waals surface area contributed by atoms with Gasteiger partial charge in [-0.2, -0.15) is 0 Å². The molecule has 0 radical (unpaired) electrons. The second-order valence-corrected chi connectivity index (χ2v) is 6.23. The van der Waals surface area contributed by atoms with E-state index < -0.39 is 6.04 Å². The molecule has 3 N–H and O–H groups in total. The van der Waals surface area contributed by atoms with Crippen LogP contribution in [0.5, 0.6) is 11.5 Å². The molecule has 3 aromatic rings. The van der Waals surface area contributed by atoms with Gasteiger partial charge >= 0.3 is 0 Å². The summed E-state index contributed by atoms with van der Waals surface area (Å²) in [6, 6.07) is 14.8. The second kappa shape index (κ2) is 9.05. The predicted molar refractivity (Wildman–Crippen MR) is 104 cm³/mol. The molecule has 1 aromatic heterocycles. The Kier molecular flexibility index (Phi) is 6.29. The van der Waals surface area contributed by atoms with E-state index in [9.17, 15) is 4.79 Å². The number of nitrogens with zero attached hydrogens (tertiary/aromatic N) is 1. The Hall–Kier alpha value is -3.32. The summed E-state index contributed by atoms with van der Waals surface area (Å²) in [4.78, 5) is 16.6. The monoisotopic (exact) mass is 381 g/mol. The summed E-state index contributed by atoms with van der Waals surface area (Å²) in [5.74, 6) is 1.29. The van der Waals surface area contributed by atoms with E-state index >= 15 is 0 Å². The van der Waals surface area contributed by atoms with Crippen molar-refractivity contribution in [3.8, 4) is 11.5 Å². The van der Waals surface area contributed by atoms with Crippen LogP contribution in [0.25, 0.3) is 0 Å². The highest BCUT2D eigenvalue weighted by Crippen LogP contribution is 2.24. The quantitative estimate of drug-likeness (QED) is 0.622. The predicted octanol–water partition coefficient (Wildman–Crippen LogP) is 2.86. The van der Waals surface area contributed by atoms with Crippen LogP contribution in [0.2, 0.25) is 0 Å². The van der Waals surface area contributed by atoms with E-state index in [2.05, 4.69) is 10.3 Å². The Bertz CT molecular complexity index is 924. The summed E-state index contributed by atoms with van der Waals surface area (Å²) in [6.45, 7) is 0.282. The molecule has 0 aliphatic carbocycles. The van der Waals surface area contributed by atoms with E-state index in [1.165, 1.54) is 6.26 Å². The number of nitrogens with two attached hydrogens (primary N) is 1. The highest BCUT2D eigenvalue weighted by molar-refractivity contribution is 5.91. The first kappa shape index (κ1) is 19.4. The third-order valence-electron chi connectivity index (χ3n) is 4.30. The zero-order valence-corrected chi connectivity index (χ0v) is 15.8. The van der Waals surface area contributed by atoms with Gasteiger partial charge in [-0.25, -0.2) is 4.98 Å². The topological polar surface area (TPSA) is 99.6 Å². The highest BCUT2D eigenvalue weighted by Gasteiger charge is 2.18. The number of rotatable bonds is 8. The zero-order valence-electron chi connectivity index (χ0n) is 15.8. The molecule has 1 heterocycles. The number of ether oxygens (including phenoxy) is 2. The van der Waals surface area contributed by atoms with Crippen molar-refractivity contribution in [1.82, 2.24) is 10.3 Å². The summed E-state index contributed by atoms with van der Waals surface area (Å²) in [7, 11) is 3.15. The van der Waals surface area contributed by atoms with Gasteiger partial charge in [0.2, 0.25) is 5.89 Å². The molecule has 1 amide bonds. The van der Waals surface area contributed by atoms with Crippen LogP contribution in [0.15, 0.2) is 59.2 Å². The fourth-order valence-electron chi connectivity index (χ4n) is 2.78. The number of oxazole rings is 1. The number of hydrogen-bond acceptors (Lipinski definition) is 6. The van der Waals surface area contributed by atoms with Gasteiger partial charge in [-0.05, 0) is 24.1 Å². The zero-order chi connectivity index (χ0) is 19.9. The SMILES string of the molecule is COc1ccc(CNC(=O)c2coc(C(N)Cc3ccccc3)n2)c(OC)c1. The molecule has 3 rings (SSSR count). The van der Waals surface area contributed by atoms with Crippen LogP contribution in [-0.2, 0) is 13.0 Å². The Balaban J connectivity index is 1.61. The number of benzene rings is 2. The molecule has 146 valence electrons. The minimum atomic E-state index is -0.425. The van der Waals surface area contributed by atoms with Gasteiger partial charge < -0.3 is 24.9 Å². The standard InChI is InChI=1S/C21H23N3O4/c1-26-16-9-8-15(19(11-16)27-2)12-23-20(25)18-13-28-21(24-18)17(22)10-14-6-4-3-5-7-14/h3-9,11,13,17H,10,12,22H2,1-2H3,(H,23,25). The van der Waals surface area contributed by atoms with E-state index in [0.29, 0.717) is 23.8 Å². The number of carbonyl (C=O) groups is 1. The van der Waals surface area contributed by atoms with E-state index in [4.69, 9.17) is 19.6 Å². The fraction of sp³-hybridized carbons (Fsp3) is 0.238. The van der Waals surface area contributed by atoms with Crippen LogP contribution in [0.3, 0.4) is 0 Å². The molecule has 0 bridgehead atoms. The Labute approximate surface area is 163 Å². The van der Waals surface area contributed by atoms with Crippen LogP contribution in [0.1, 0.15) is 33.5 Å². The van der Waals surface area contributed by atoms with Crippen molar-refractivity contribution in [2.45, 2.75) is 19.0 Å². The average molecular weight is 381 g/mol. The molecule has 0 fully saturated rings. The number of hydrogen-bond donors (Lipinski definition) is 2. The molecule has 0 aliphatic rings. The average Bonchev–Trinajstić information content (AvgIpc) is 3.23. The Morgan fingerprint density at radius 1 is 1.18 bits per heavy atom. The Morgan fingerprint density at radius 3 is 2.68 bits per heavy atom. The van der Waals surface area contributed by atoms with E-state index in [1.807, 2.05) is 36.4 Å². The van der Waals surface area contributed by atoms with E-state index in [0.717, 1.165) is 11.1 Å². The van der Waals surface area contributed by atoms with Crippen molar-refractivity contribution in [1.29, 1.82) is 0 Å². The molecule has 7 heteroatoms. The van der Waals surface area contributed by atoms with Gasteiger partial charge in [0.05, 0.1) is 20.3 Å². The van der Waals surface area contributed by atoms with Gasteiger partial charge in [0.1, 0.15) is 17.8 Å². The lowest BCUT2D eigenvalue weighted by atomic mass is 10.1. The smallest absolute Gasteiger partial charge is 0.273 e. The Morgan fingerprint density at radius 2 is 1.96 bits per heavy atom. The lowest BCUT2D eigenvalue weighted by Crippen LogP contribution is -2.23. The minimum absolute atomic E-state index is 0.186. The molecule has 0 aliphatic heterocycles. The van der Waals surface area contributed by atoms with Crippen LogP contribution in [-0.4, -0.2) is 25.1 Å². The van der Waals surface area contributed by atoms with Crippen molar-refractivity contribution >= 4 is 5.91 Å². The molecule has 1 unspecified atom stereocenters. The maximum atomic E-state index is 12.4. The number of carbonyl (C=O) groups excluding carboxylic acids is 1. The number of nitrogens with one attached hydrogen (secondary N) is 1. The van der Waals surface area contributed by atoms with Crippen molar-refractivity contribution in [3.63, 3.8) is 0 Å². The third kappa shape index (κ3) is 4.69. The second-order valence-electron chi connectivity index (χ2n) is 6.23. The van der Waals surface area contributed by atoms with Gasteiger partial charge in [0, 0.05) is 18.2 Å². The van der Waals surface area contributed by atoms with Crippen LogP contribution in [0.4, 0.5) is 0 Å². The third-order valence-corrected chi connectivity index (χ3v) is 4.30. The first-order valence-electron chi connectivity index (χ1n) is 8.84. The lowest BCUT2D eigenvalue weighted by molar-refractivity contribution is 0.0945. The first-order valence-corrected chi connectivity index (χ1v) is 8.84. The molecule has 0 saturated carbocycles. The van der Waals surface area contributed by atoms with Crippen LogP contribution in [0, 0.1) is 0 Å². The number of amides is 1. The van der Waals surface area contributed by atoms with Gasteiger partial charge in [0.25, 0.3) is 5.91 Å². The van der Waals surface area contributed by atoms with Crippen molar-refractivity contribution < 1.29 is 18.7 Å². The molecule has 0 saturated heterocycles. The van der Waals surface area contributed by atoms with Crippen molar-refractivity contribution in [3.05, 3.63) is 77.5 Å². The van der Waals surface area contributed by atoms with Gasteiger partial charge in [-0.3, -0.25) is 4.79 Å². The van der Waals surface area contributed by atoms with Gasteiger partial charge in [0.15, 0.2) is 5.69 Å². The highest BCUT2D eigenvalue weighted by atomic mass is 16.5. The van der Waals surface area contributed by atoms with E-state index in [-0.39, 0.29) is 18.1 Å². The molecule has 2 aromatic carbocycles. The summed E-state index contributed by atoms with van der Waals surface area (Å²) in [6.07, 6.45) is 1.90. The van der Waals surface area contributed by atoms with E-state index in [1.54, 1.807) is 26.4 Å². The maximum Gasteiger partial charge on any atom is 0.273 e. The maximum absolute atomic E-state index is 12.4. The first-order chi connectivity index (χ1) is 13.6. The lowest BCUT2D eigenvalue weighted by Gasteiger charge is -2.10. The molecule has 7 nitrogen and oxygen atoms in total. The van der Waals surface area contributed by atoms with Gasteiger partial charge in [-0.15, -0.1) is 0 Å². The summed E-state index contributed by atoms with van der Waals surface area (Å²) < 4.78 is 15.9. The molecular formula is C21H23N3O4. The number of aromatic nitrogens is 1. The normalized spacial score (nSPS) is 11.7. The largest absolute Gasteiger partial charge is 0.497 e. The van der Waals surface area contributed by atoms with Crippen LogP contribution >= 0.6 is 0 Å². The van der Waals surface area contributed by atoms with Gasteiger partial charge in [-0.1, -0.05) is 30.3 Å².